The highest BCUT2D eigenvalue weighted by molar-refractivity contribution is 8.00. The fourth-order valence-electron chi connectivity index (χ4n) is 3.94. The number of nitrogens with zero attached hydrogens (tertiary/aromatic N) is 4. The van der Waals surface area contributed by atoms with E-state index >= 15 is 0 Å². The number of hydrogen-bond acceptors (Lipinski definition) is 5. The number of hydrogen-bond donors (Lipinski definition) is 0. The molecular formula is C24H22N4O2S. The van der Waals surface area contributed by atoms with Gasteiger partial charge in [-0.2, -0.15) is 0 Å². The summed E-state index contributed by atoms with van der Waals surface area (Å²) in [5.74, 6) is 1.56. The normalized spacial score (nSPS) is 13.9. The first-order chi connectivity index (χ1) is 15.1. The third-order valence-electron chi connectivity index (χ3n) is 5.53. The van der Waals surface area contributed by atoms with Gasteiger partial charge in [-0.25, -0.2) is 0 Å². The molecule has 0 spiro atoms. The number of thioether (sulfide) groups is 1. The Balaban J connectivity index is 1.48. The van der Waals surface area contributed by atoms with Crippen LogP contribution in [0.15, 0.2) is 76.5 Å². The first kappa shape index (κ1) is 19.6. The van der Waals surface area contributed by atoms with Crippen molar-refractivity contribution in [3.63, 3.8) is 0 Å². The summed E-state index contributed by atoms with van der Waals surface area (Å²) in [5.41, 5.74) is 4.06. The summed E-state index contributed by atoms with van der Waals surface area (Å²) in [5, 5.41) is 9.26. The summed E-state index contributed by atoms with van der Waals surface area (Å²) in [6.07, 6.45) is 2.54. The Morgan fingerprint density at radius 2 is 1.84 bits per heavy atom. The van der Waals surface area contributed by atoms with Gasteiger partial charge in [0, 0.05) is 17.9 Å². The Labute approximate surface area is 184 Å². The smallest absolute Gasteiger partial charge is 0.240 e. The molecule has 0 radical (unpaired) electrons. The van der Waals surface area contributed by atoms with E-state index in [1.54, 1.807) is 6.26 Å². The molecule has 3 heterocycles. The number of furan rings is 1. The summed E-state index contributed by atoms with van der Waals surface area (Å²) in [6, 6.07) is 19.9. The molecule has 0 bridgehead atoms. The van der Waals surface area contributed by atoms with E-state index in [1.807, 2.05) is 77.9 Å². The van der Waals surface area contributed by atoms with Crippen LogP contribution >= 0.6 is 11.8 Å². The van der Waals surface area contributed by atoms with Crippen molar-refractivity contribution in [2.45, 2.75) is 30.7 Å². The van der Waals surface area contributed by atoms with Crippen LogP contribution in [0.3, 0.4) is 0 Å². The van der Waals surface area contributed by atoms with Gasteiger partial charge in [-0.1, -0.05) is 48.2 Å². The number of rotatable bonds is 5. The molecular weight excluding hydrogens is 408 g/mol. The van der Waals surface area contributed by atoms with Crippen LogP contribution in [0.25, 0.3) is 17.1 Å². The maximum atomic E-state index is 13.3. The van der Waals surface area contributed by atoms with Crippen molar-refractivity contribution in [2.24, 2.45) is 0 Å². The molecule has 0 fully saturated rings. The van der Waals surface area contributed by atoms with Gasteiger partial charge in [0.05, 0.1) is 17.1 Å². The molecule has 1 atom stereocenters. The predicted molar refractivity (Wildman–Crippen MR) is 122 cm³/mol. The molecule has 0 unspecified atom stereocenters. The average molecular weight is 431 g/mol. The Hall–Kier alpha value is -3.32. The number of carbonyl (C=O) groups excluding carboxylic acids is 1. The van der Waals surface area contributed by atoms with Gasteiger partial charge in [0.1, 0.15) is 5.76 Å². The van der Waals surface area contributed by atoms with Gasteiger partial charge in [-0.05, 0) is 50.1 Å². The molecule has 6 nitrogen and oxygen atoms in total. The molecule has 0 saturated carbocycles. The number of aryl methyl sites for hydroxylation is 1. The Bertz CT molecular complexity index is 1230. The monoisotopic (exact) mass is 430 g/mol. The van der Waals surface area contributed by atoms with Crippen LogP contribution in [-0.4, -0.2) is 32.5 Å². The maximum Gasteiger partial charge on any atom is 0.240 e. The van der Waals surface area contributed by atoms with E-state index in [2.05, 4.69) is 16.3 Å². The molecule has 0 aliphatic carbocycles. The molecule has 2 aromatic heterocycles. The minimum Gasteiger partial charge on any atom is -0.469 e. The number of amides is 1. The number of fused-ring (bicyclic) bond motifs is 1. The summed E-state index contributed by atoms with van der Waals surface area (Å²) in [6.45, 7) is 4.55. The molecule has 5 rings (SSSR count). The van der Waals surface area contributed by atoms with E-state index in [4.69, 9.17) is 4.42 Å². The van der Waals surface area contributed by atoms with E-state index in [-0.39, 0.29) is 11.2 Å². The highest BCUT2D eigenvalue weighted by atomic mass is 32.2. The van der Waals surface area contributed by atoms with Gasteiger partial charge in [-0.15, -0.1) is 10.2 Å². The highest BCUT2D eigenvalue weighted by Crippen LogP contribution is 2.34. The Morgan fingerprint density at radius 3 is 2.61 bits per heavy atom. The average Bonchev–Trinajstić information content (AvgIpc) is 3.51. The molecule has 31 heavy (non-hydrogen) atoms. The lowest BCUT2D eigenvalue weighted by Crippen LogP contribution is -2.35. The SMILES string of the molecule is Cc1occc1-c1nnc(S[C@H](C)C(=O)N2CCc3ccccc32)n1-c1ccccc1. The van der Waals surface area contributed by atoms with Gasteiger partial charge >= 0.3 is 0 Å². The number of carbonyl (C=O) groups is 1. The second-order valence-corrected chi connectivity index (χ2v) is 8.80. The topological polar surface area (TPSA) is 64.2 Å². The van der Waals surface area contributed by atoms with Crippen LogP contribution in [0, 0.1) is 6.92 Å². The zero-order valence-electron chi connectivity index (χ0n) is 17.4. The van der Waals surface area contributed by atoms with Crippen molar-refractivity contribution < 1.29 is 9.21 Å². The van der Waals surface area contributed by atoms with Crippen molar-refractivity contribution in [2.75, 3.05) is 11.4 Å². The van der Waals surface area contributed by atoms with Crippen molar-refractivity contribution >= 4 is 23.4 Å². The van der Waals surface area contributed by atoms with E-state index in [1.165, 1.54) is 17.3 Å². The fraction of sp³-hybridized carbons (Fsp3) is 0.208. The predicted octanol–water partition coefficient (Wildman–Crippen LogP) is 4.91. The number of anilines is 1. The Kier molecular flexibility index (Phi) is 5.11. The van der Waals surface area contributed by atoms with E-state index in [0.717, 1.165) is 29.1 Å². The third-order valence-corrected chi connectivity index (χ3v) is 6.56. The van der Waals surface area contributed by atoms with Gasteiger partial charge in [0.25, 0.3) is 0 Å². The molecule has 0 N–H and O–H groups in total. The first-order valence-electron chi connectivity index (χ1n) is 10.2. The standard InChI is InChI=1S/C24H22N4O2S/c1-16-20(13-15-30-16)22-25-26-24(28(22)19-9-4-3-5-10-19)31-17(2)23(29)27-14-12-18-8-6-7-11-21(18)27/h3-11,13,15,17H,12,14H2,1-2H3/t17-/m1/s1. The quantitative estimate of drug-likeness (QED) is 0.421. The van der Waals surface area contributed by atoms with Gasteiger partial charge in [-0.3, -0.25) is 9.36 Å². The zero-order chi connectivity index (χ0) is 21.4. The van der Waals surface area contributed by atoms with Crippen molar-refractivity contribution in [3.8, 4) is 17.1 Å². The minimum atomic E-state index is -0.309. The van der Waals surface area contributed by atoms with Crippen LogP contribution in [-0.2, 0) is 11.2 Å². The van der Waals surface area contributed by atoms with Crippen molar-refractivity contribution in [3.05, 3.63) is 78.3 Å². The lowest BCUT2D eigenvalue weighted by atomic mass is 10.2. The minimum absolute atomic E-state index is 0.0820. The molecule has 2 aromatic carbocycles. The lowest BCUT2D eigenvalue weighted by molar-refractivity contribution is -0.117. The van der Waals surface area contributed by atoms with Crippen LogP contribution < -0.4 is 4.90 Å². The summed E-state index contributed by atoms with van der Waals surface area (Å²) < 4.78 is 7.48. The van der Waals surface area contributed by atoms with Crippen molar-refractivity contribution in [1.82, 2.24) is 14.8 Å². The van der Waals surface area contributed by atoms with Gasteiger partial charge in [0.15, 0.2) is 11.0 Å². The second kappa shape index (κ2) is 8.07. The van der Waals surface area contributed by atoms with E-state index in [0.29, 0.717) is 17.5 Å². The molecule has 4 aromatic rings. The Morgan fingerprint density at radius 1 is 1.06 bits per heavy atom. The van der Waals surface area contributed by atoms with Crippen LogP contribution in [0.1, 0.15) is 18.2 Å². The zero-order valence-corrected chi connectivity index (χ0v) is 18.2. The van der Waals surface area contributed by atoms with E-state index in [9.17, 15) is 4.79 Å². The van der Waals surface area contributed by atoms with Crippen LogP contribution in [0.4, 0.5) is 5.69 Å². The van der Waals surface area contributed by atoms with Crippen molar-refractivity contribution in [1.29, 1.82) is 0 Å². The molecule has 1 aliphatic rings. The second-order valence-electron chi connectivity index (χ2n) is 7.50. The number of aromatic nitrogens is 3. The fourth-order valence-corrected chi connectivity index (χ4v) is 4.87. The maximum absolute atomic E-state index is 13.3. The van der Waals surface area contributed by atoms with Gasteiger partial charge in [0.2, 0.25) is 5.91 Å². The van der Waals surface area contributed by atoms with Gasteiger partial charge < -0.3 is 9.32 Å². The molecule has 1 amide bonds. The molecule has 156 valence electrons. The highest BCUT2D eigenvalue weighted by Gasteiger charge is 2.30. The molecule has 7 heteroatoms. The molecule has 1 aliphatic heterocycles. The van der Waals surface area contributed by atoms with Crippen LogP contribution in [0.2, 0.25) is 0 Å². The largest absolute Gasteiger partial charge is 0.469 e. The van der Waals surface area contributed by atoms with Crippen LogP contribution in [0.5, 0.6) is 0 Å². The lowest BCUT2D eigenvalue weighted by Gasteiger charge is -2.21. The third kappa shape index (κ3) is 3.55. The summed E-state index contributed by atoms with van der Waals surface area (Å²) in [4.78, 5) is 15.2. The number of para-hydroxylation sites is 2. The summed E-state index contributed by atoms with van der Waals surface area (Å²) >= 11 is 1.43. The molecule has 0 saturated heterocycles. The first-order valence-corrected chi connectivity index (χ1v) is 11.1. The summed E-state index contributed by atoms with van der Waals surface area (Å²) in [7, 11) is 0. The number of benzene rings is 2. The van der Waals surface area contributed by atoms with E-state index < -0.39 is 0 Å².